The maximum Gasteiger partial charge on any atom is 0.337 e. The number of likely N-dealkylation sites (N-methyl/N-ethyl adjacent to an activating group) is 1. The number of fused-ring (bicyclic) bond motifs is 1. The van der Waals surface area contributed by atoms with Gasteiger partial charge in [0.05, 0.1) is 26.9 Å². The second-order valence-electron chi connectivity index (χ2n) is 6.94. The van der Waals surface area contributed by atoms with Gasteiger partial charge in [0.2, 0.25) is 0 Å². The van der Waals surface area contributed by atoms with E-state index < -0.39 is 5.97 Å². The molecular formula is C24H25NO6. The lowest BCUT2D eigenvalue weighted by molar-refractivity contribution is -0.132. The molecule has 162 valence electrons. The zero-order valence-corrected chi connectivity index (χ0v) is 18.0. The van der Waals surface area contributed by atoms with Crippen molar-refractivity contribution in [2.45, 2.75) is 6.54 Å². The molecule has 0 unspecified atom stereocenters. The Kier molecular flexibility index (Phi) is 6.97. The minimum Gasteiger partial charge on any atom is -0.497 e. The van der Waals surface area contributed by atoms with Crippen LogP contribution in [0.5, 0.6) is 17.2 Å². The number of benzene rings is 3. The Bertz CT molecular complexity index is 1090. The second-order valence-corrected chi connectivity index (χ2v) is 6.94. The fraction of sp³-hybridized carbons (Fsp3) is 0.250. The lowest BCUT2D eigenvalue weighted by Crippen LogP contribution is -2.31. The Hall–Kier alpha value is -3.74. The highest BCUT2D eigenvalue weighted by Crippen LogP contribution is 2.28. The van der Waals surface area contributed by atoms with Gasteiger partial charge in [-0.2, -0.15) is 0 Å². The van der Waals surface area contributed by atoms with Gasteiger partial charge in [0.25, 0.3) is 5.91 Å². The fourth-order valence-corrected chi connectivity index (χ4v) is 3.14. The molecule has 0 aliphatic rings. The third-order valence-electron chi connectivity index (χ3n) is 4.89. The van der Waals surface area contributed by atoms with Gasteiger partial charge in [-0.3, -0.25) is 4.79 Å². The second kappa shape index (κ2) is 9.84. The molecule has 0 aromatic heterocycles. The standard InChI is InChI=1S/C24H25NO6/c1-25(14-16-5-6-18-12-20(28-2)9-7-17(18)11-16)23(26)15-31-21-10-8-19(24(27)30-4)13-22(21)29-3/h5-13H,14-15H2,1-4H3. The van der Waals surface area contributed by atoms with Gasteiger partial charge in [-0.25, -0.2) is 4.79 Å². The number of amides is 1. The van der Waals surface area contributed by atoms with Crippen molar-refractivity contribution in [1.82, 2.24) is 4.90 Å². The van der Waals surface area contributed by atoms with E-state index in [0.29, 0.717) is 23.6 Å². The van der Waals surface area contributed by atoms with Crippen molar-refractivity contribution in [3.63, 3.8) is 0 Å². The summed E-state index contributed by atoms with van der Waals surface area (Å²) in [4.78, 5) is 25.8. The average Bonchev–Trinajstić information content (AvgIpc) is 2.81. The highest BCUT2D eigenvalue weighted by molar-refractivity contribution is 5.90. The first-order valence-electron chi connectivity index (χ1n) is 9.65. The quantitative estimate of drug-likeness (QED) is 0.515. The van der Waals surface area contributed by atoms with Crippen molar-refractivity contribution in [3.05, 3.63) is 65.7 Å². The van der Waals surface area contributed by atoms with Gasteiger partial charge in [0, 0.05) is 13.6 Å². The number of ether oxygens (including phenoxy) is 4. The van der Waals surface area contributed by atoms with Crippen LogP contribution < -0.4 is 14.2 Å². The molecule has 0 bridgehead atoms. The summed E-state index contributed by atoms with van der Waals surface area (Å²) in [6, 6.07) is 16.6. The average molecular weight is 423 g/mol. The highest BCUT2D eigenvalue weighted by Gasteiger charge is 2.15. The number of rotatable bonds is 8. The maximum atomic E-state index is 12.6. The van der Waals surface area contributed by atoms with E-state index >= 15 is 0 Å². The van der Waals surface area contributed by atoms with Crippen molar-refractivity contribution in [2.24, 2.45) is 0 Å². The van der Waals surface area contributed by atoms with Gasteiger partial charge in [0.1, 0.15) is 5.75 Å². The first-order valence-corrected chi connectivity index (χ1v) is 9.65. The van der Waals surface area contributed by atoms with Crippen LogP contribution in [0.15, 0.2) is 54.6 Å². The first kappa shape index (κ1) is 22.0. The number of hydrogen-bond donors (Lipinski definition) is 0. The van der Waals surface area contributed by atoms with E-state index in [2.05, 4.69) is 0 Å². The van der Waals surface area contributed by atoms with Gasteiger partial charge < -0.3 is 23.8 Å². The number of esters is 1. The Morgan fingerprint density at radius 1 is 0.839 bits per heavy atom. The monoisotopic (exact) mass is 423 g/mol. The molecule has 0 heterocycles. The molecular weight excluding hydrogens is 398 g/mol. The third-order valence-corrected chi connectivity index (χ3v) is 4.89. The fourth-order valence-electron chi connectivity index (χ4n) is 3.14. The molecule has 31 heavy (non-hydrogen) atoms. The van der Waals surface area contributed by atoms with Gasteiger partial charge in [-0.1, -0.05) is 18.2 Å². The summed E-state index contributed by atoms with van der Waals surface area (Å²) in [6.45, 7) is 0.289. The molecule has 0 aliphatic carbocycles. The van der Waals surface area contributed by atoms with Gasteiger partial charge in [-0.05, 0) is 52.7 Å². The van der Waals surface area contributed by atoms with Crippen LogP contribution in [0.4, 0.5) is 0 Å². The van der Waals surface area contributed by atoms with Crippen LogP contribution in [0, 0.1) is 0 Å². The molecule has 0 fully saturated rings. The van der Waals surface area contributed by atoms with Crippen LogP contribution in [0.3, 0.4) is 0 Å². The molecule has 3 aromatic rings. The molecule has 7 heteroatoms. The highest BCUT2D eigenvalue weighted by atomic mass is 16.5. The Balaban J connectivity index is 1.63. The van der Waals surface area contributed by atoms with Crippen LogP contribution in [-0.2, 0) is 16.1 Å². The van der Waals surface area contributed by atoms with Crippen LogP contribution >= 0.6 is 0 Å². The molecule has 0 radical (unpaired) electrons. The van der Waals surface area contributed by atoms with E-state index in [9.17, 15) is 9.59 Å². The first-order chi connectivity index (χ1) is 14.9. The number of hydrogen-bond acceptors (Lipinski definition) is 6. The summed E-state index contributed by atoms with van der Waals surface area (Å²) in [7, 11) is 6.13. The lowest BCUT2D eigenvalue weighted by atomic mass is 10.1. The molecule has 0 atom stereocenters. The number of carbonyl (C=O) groups is 2. The zero-order chi connectivity index (χ0) is 22.4. The molecule has 3 rings (SSSR count). The Labute approximate surface area is 181 Å². The molecule has 3 aromatic carbocycles. The Morgan fingerprint density at radius 3 is 2.29 bits per heavy atom. The van der Waals surface area contributed by atoms with Crippen molar-refractivity contribution in [3.8, 4) is 17.2 Å². The van der Waals surface area contributed by atoms with Gasteiger partial charge >= 0.3 is 5.97 Å². The lowest BCUT2D eigenvalue weighted by Gasteiger charge is -2.19. The van der Waals surface area contributed by atoms with Crippen LogP contribution in [0.1, 0.15) is 15.9 Å². The van der Waals surface area contributed by atoms with Gasteiger partial charge in [-0.15, -0.1) is 0 Å². The number of methoxy groups -OCH3 is 3. The summed E-state index contributed by atoms with van der Waals surface area (Å²) in [6.07, 6.45) is 0. The summed E-state index contributed by atoms with van der Waals surface area (Å²) in [5.41, 5.74) is 1.34. The van der Waals surface area contributed by atoms with E-state index in [0.717, 1.165) is 22.1 Å². The number of nitrogens with zero attached hydrogens (tertiary/aromatic N) is 1. The molecule has 0 aliphatic heterocycles. The Morgan fingerprint density at radius 2 is 1.58 bits per heavy atom. The zero-order valence-electron chi connectivity index (χ0n) is 18.0. The van der Waals surface area contributed by atoms with E-state index in [1.807, 2.05) is 36.4 Å². The minimum absolute atomic E-state index is 0.158. The molecule has 0 saturated heterocycles. The van der Waals surface area contributed by atoms with Crippen LogP contribution in [0.25, 0.3) is 10.8 Å². The smallest absolute Gasteiger partial charge is 0.337 e. The van der Waals surface area contributed by atoms with E-state index in [4.69, 9.17) is 18.9 Å². The van der Waals surface area contributed by atoms with Crippen molar-refractivity contribution in [2.75, 3.05) is 35.0 Å². The van der Waals surface area contributed by atoms with E-state index in [-0.39, 0.29) is 12.5 Å². The van der Waals surface area contributed by atoms with E-state index in [1.165, 1.54) is 20.3 Å². The number of carbonyl (C=O) groups excluding carboxylic acids is 2. The van der Waals surface area contributed by atoms with Crippen molar-refractivity contribution in [1.29, 1.82) is 0 Å². The summed E-state index contributed by atoms with van der Waals surface area (Å²) in [5.74, 6) is 0.864. The van der Waals surface area contributed by atoms with E-state index in [1.54, 1.807) is 31.2 Å². The predicted octanol–water partition coefficient (Wildman–Crippen LogP) is 3.68. The summed E-state index contributed by atoms with van der Waals surface area (Å²) < 4.78 is 20.8. The normalized spacial score (nSPS) is 10.5. The molecule has 0 spiro atoms. The largest absolute Gasteiger partial charge is 0.497 e. The SMILES string of the molecule is COC(=O)c1ccc(OCC(=O)N(C)Cc2ccc3cc(OC)ccc3c2)c(OC)c1. The van der Waals surface area contributed by atoms with Crippen molar-refractivity contribution < 1.29 is 28.5 Å². The topological polar surface area (TPSA) is 74.3 Å². The summed E-state index contributed by atoms with van der Waals surface area (Å²) >= 11 is 0. The molecule has 7 nitrogen and oxygen atoms in total. The molecule has 1 amide bonds. The predicted molar refractivity (Wildman–Crippen MR) is 117 cm³/mol. The maximum absolute atomic E-state index is 12.6. The third kappa shape index (κ3) is 5.25. The molecule has 0 N–H and O–H groups in total. The van der Waals surface area contributed by atoms with Gasteiger partial charge in [0.15, 0.2) is 18.1 Å². The summed E-state index contributed by atoms with van der Waals surface area (Å²) in [5, 5.41) is 2.15. The van der Waals surface area contributed by atoms with Crippen LogP contribution in [-0.4, -0.2) is 51.8 Å². The van der Waals surface area contributed by atoms with Crippen molar-refractivity contribution >= 4 is 22.6 Å². The molecule has 0 saturated carbocycles. The van der Waals surface area contributed by atoms with Crippen LogP contribution in [0.2, 0.25) is 0 Å². The minimum atomic E-state index is -0.477.